The Morgan fingerprint density at radius 2 is 1.83 bits per heavy atom. The van der Waals surface area contributed by atoms with Crippen molar-refractivity contribution in [3.63, 3.8) is 0 Å². The maximum absolute atomic E-state index is 12.8. The third-order valence-corrected chi connectivity index (χ3v) is 5.85. The number of ether oxygens (including phenoxy) is 2. The summed E-state index contributed by atoms with van der Waals surface area (Å²) in [7, 11) is 0. The maximum atomic E-state index is 12.8. The summed E-state index contributed by atoms with van der Waals surface area (Å²) in [6, 6.07) is 12.2. The maximum Gasteiger partial charge on any atom is 0.325 e. The predicted molar refractivity (Wildman–Crippen MR) is 132 cm³/mol. The fourth-order valence-corrected chi connectivity index (χ4v) is 4.18. The average molecular weight is 479 g/mol. The lowest BCUT2D eigenvalue weighted by Crippen LogP contribution is -2.41. The molecule has 3 aromatic rings. The predicted octanol–water partition coefficient (Wildman–Crippen LogP) is 2.79. The number of carbonyl (C=O) groups excluding carboxylic acids is 3. The molecule has 0 aliphatic carbocycles. The van der Waals surface area contributed by atoms with E-state index in [0.717, 1.165) is 26.9 Å². The molecule has 1 fully saturated rings. The Morgan fingerprint density at radius 3 is 2.63 bits per heavy atom. The number of hydrogen-bond acceptors (Lipinski definition) is 5. The molecule has 1 aliphatic heterocycles. The van der Waals surface area contributed by atoms with E-state index < -0.39 is 23.9 Å². The Bertz CT molecular complexity index is 1220. The summed E-state index contributed by atoms with van der Waals surface area (Å²) < 4.78 is 11.2. The molecule has 9 heteroatoms. The van der Waals surface area contributed by atoms with Gasteiger partial charge in [-0.15, -0.1) is 0 Å². The second kappa shape index (κ2) is 10.9. The highest BCUT2D eigenvalue weighted by molar-refractivity contribution is 6.06. The number of fused-ring (bicyclic) bond motifs is 1. The van der Waals surface area contributed by atoms with Crippen LogP contribution in [0, 0.1) is 0 Å². The quantitative estimate of drug-likeness (QED) is 0.367. The number of H-pyrrole nitrogens is 1. The van der Waals surface area contributed by atoms with E-state index in [-0.39, 0.29) is 6.54 Å². The summed E-state index contributed by atoms with van der Waals surface area (Å²) in [6.45, 7) is 4.93. The monoisotopic (exact) mass is 478 g/mol. The molecule has 1 atom stereocenters. The molecule has 0 saturated carbocycles. The first-order chi connectivity index (χ1) is 17.0. The van der Waals surface area contributed by atoms with Gasteiger partial charge in [-0.2, -0.15) is 0 Å². The zero-order chi connectivity index (χ0) is 24.8. The number of rotatable bonds is 11. The molecule has 1 aromatic heterocycles. The minimum atomic E-state index is -0.699. The van der Waals surface area contributed by atoms with Crippen molar-refractivity contribution in [1.29, 1.82) is 0 Å². The lowest BCUT2D eigenvalue weighted by atomic mass is 10.1. The van der Waals surface area contributed by atoms with E-state index in [0.29, 0.717) is 44.1 Å². The van der Waals surface area contributed by atoms with Gasteiger partial charge in [-0.3, -0.25) is 14.5 Å². The molecule has 4 rings (SSSR count). The van der Waals surface area contributed by atoms with Crippen molar-refractivity contribution >= 4 is 28.7 Å². The van der Waals surface area contributed by atoms with Crippen molar-refractivity contribution in [1.82, 2.24) is 20.5 Å². The van der Waals surface area contributed by atoms with Crippen LogP contribution in [0.3, 0.4) is 0 Å². The van der Waals surface area contributed by atoms with Gasteiger partial charge < -0.3 is 25.1 Å². The number of nitrogens with one attached hydrogen (secondary N) is 3. The van der Waals surface area contributed by atoms with Gasteiger partial charge in [-0.1, -0.05) is 24.3 Å². The van der Waals surface area contributed by atoms with Crippen LogP contribution in [-0.4, -0.2) is 60.1 Å². The van der Waals surface area contributed by atoms with E-state index >= 15 is 0 Å². The zero-order valence-electron chi connectivity index (χ0n) is 19.9. The first-order valence-corrected chi connectivity index (χ1v) is 11.8. The molecule has 35 heavy (non-hydrogen) atoms. The topological polar surface area (TPSA) is 113 Å². The van der Waals surface area contributed by atoms with Gasteiger partial charge >= 0.3 is 6.03 Å². The second-order valence-corrected chi connectivity index (χ2v) is 8.24. The van der Waals surface area contributed by atoms with Crippen molar-refractivity contribution in [2.24, 2.45) is 0 Å². The number of carbonyl (C=O) groups is 3. The van der Waals surface area contributed by atoms with Crippen molar-refractivity contribution < 1.29 is 23.9 Å². The van der Waals surface area contributed by atoms with Crippen LogP contribution < -0.4 is 20.1 Å². The zero-order valence-corrected chi connectivity index (χ0v) is 19.9. The Hall–Kier alpha value is -4.01. The highest BCUT2D eigenvalue weighted by atomic mass is 16.5. The highest BCUT2D eigenvalue weighted by Gasteiger charge is 2.39. The van der Waals surface area contributed by atoms with Crippen molar-refractivity contribution in [3.05, 3.63) is 59.8 Å². The van der Waals surface area contributed by atoms with Crippen LogP contribution in [0.15, 0.2) is 48.7 Å². The van der Waals surface area contributed by atoms with Crippen LogP contribution in [0.4, 0.5) is 4.79 Å². The average Bonchev–Trinajstić information content (AvgIpc) is 3.37. The standard InChI is InChI=1S/C26H30N4O5/c1-3-34-22-10-9-17(13-23(22)35-4-2)11-12-27-24(31)16-30-25(32)21(29-26(30)33)14-18-15-28-20-8-6-5-7-19(18)20/h5-10,13,15,21,28H,3-4,11-12,14,16H2,1-2H3,(H,27,31)(H,29,33)/t21-/m0/s1. The summed E-state index contributed by atoms with van der Waals surface area (Å²) in [4.78, 5) is 41.8. The molecular formula is C26H30N4O5. The van der Waals surface area contributed by atoms with Gasteiger partial charge in [-0.05, 0) is 49.6 Å². The van der Waals surface area contributed by atoms with Crippen LogP contribution in [0.1, 0.15) is 25.0 Å². The molecule has 184 valence electrons. The number of nitrogens with zero attached hydrogens (tertiary/aromatic N) is 1. The van der Waals surface area contributed by atoms with Crippen LogP contribution in [0.25, 0.3) is 10.9 Å². The molecule has 3 N–H and O–H groups in total. The van der Waals surface area contributed by atoms with Crippen LogP contribution >= 0.6 is 0 Å². The second-order valence-electron chi connectivity index (χ2n) is 8.24. The number of urea groups is 1. The summed E-state index contributed by atoms with van der Waals surface area (Å²) in [5, 5.41) is 6.49. The van der Waals surface area contributed by atoms with Crippen molar-refractivity contribution in [3.8, 4) is 11.5 Å². The molecule has 1 aliphatic rings. The van der Waals surface area contributed by atoms with Gasteiger partial charge in [0.1, 0.15) is 12.6 Å². The number of aromatic nitrogens is 1. The van der Waals surface area contributed by atoms with Gasteiger partial charge in [0.2, 0.25) is 5.91 Å². The number of para-hydroxylation sites is 1. The van der Waals surface area contributed by atoms with Crippen LogP contribution in [-0.2, 0) is 22.4 Å². The Labute approximate surface area is 203 Å². The molecule has 2 heterocycles. The van der Waals surface area contributed by atoms with E-state index in [2.05, 4.69) is 15.6 Å². The third-order valence-electron chi connectivity index (χ3n) is 5.85. The number of benzene rings is 2. The molecular weight excluding hydrogens is 448 g/mol. The summed E-state index contributed by atoms with van der Waals surface area (Å²) in [5.74, 6) is 0.558. The summed E-state index contributed by atoms with van der Waals surface area (Å²) in [5.41, 5.74) is 2.88. The number of amides is 4. The molecule has 0 bridgehead atoms. The molecule has 4 amide bonds. The third kappa shape index (κ3) is 5.56. The highest BCUT2D eigenvalue weighted by Crippen LogP contribution is 2.28. The van der Waals surface area contributed by atoms with Crippen LogP contribution in [0.5, 0.6) is 11.5 Å². The molecule has 0 radical (unpaired) electrons. The molecule has 1 saturated heterocycles. The van der Waals surface area contributed by atoms with E-state index in [1.165, 1.54) is 0 Å². The minimum absolute atomic E-state index is 0.317. The number of imide groups is 1. The van der Waals surface area contributed by atoms with Gasteiger partial charge in [0.25, 0.3) is 5.91 Å². The molecule has 2 aromatic carbocycles. The fraction of sp³-hybridized carbons (Fsp3) is 0.346. The van der Waals surface area contributed by atoms with Gasteiger partial charge in [-0.25, -0.2) is 4.79 Å². The minimum Gasteiger partial charge on any atom is -0.490 e. The fourth-order valence-electron chi connectivity index (χ4n) is 4.18. The lowest BCUT2D eigenvalue weighted by molar-refractivity contribution is -0.132. The van der Waals surface area contributed by atoms with Crippen molar-refractivity contribution in [2.75, 3.05) is 26.3 Å². The van der Waals surface area contributed by atoms with Crippen molar-refractivity contribution in [2.45, 2.75) is 32.7 Å². The lowest BCUT2D eigenvalue weighted by Gasteiger charge is -2.14. The normalized spacial score (nSPS) is 15.4. The van der Waals surface area contributed by atoms with Gasteiger partial charge in [0.15, 0.2) is 11.5 Å². The molecule has 9 nitrogen and oxygen atoms in total. The SMILES string of the molecule is CCOc1ccc(CCNC(=O)CN2C(=O)N[C@@H](Cc3c[nH]c4ccccc34)C2=O)cc1OCC. The molecule has 0 unspecified atom stereocenters. The van der Waals surface area contributed by atoms with E-state index in [1.54, 1.807) is 0 Å². The largest absolute Gasteiger partial charge is 0.490 e. The molecule has 0 spiro atoms. The summed E-state index contributed by atoms with van der Waals surface area (Å²) >= 11 is 0. The van der Waals surface area contributed by atoms with Gasteiger partial charge in [0.05, 0.1) is 13.2 Å². The van der Waals surface area contributed by atoms with Gasteiger partial charge in [0, 0.05) is 30.1 Å². The Balaban J connectivity index is 1.29. The summed E-state index contributed by atoms with van der Waals surface area (Å²) in [6.07, 6.45) is 2.77. The van der Waals surface area contributed by atoms with E-state index in [9.17, 15) is 14.4 Å². The first-order valence-electron chi connectivity index (χ1n) is 11.8. The Morgan fingerprint density at radius 1 is 1.06 bits per heavy atom. The van der Waals surface area contributed by atoms with E-state index in [4.69, 9.17) is 9.47 Å². The number of hydrogen-bond donors (Lipinski definition) is 3. The van der Waals surface area contributed by atoms with E-state index in [1.807, 2.05) is 62.5 Å². The Kier molecular flexibility index (Phi) is 7.54. The first kappa shape index (κ1) is 24.1. The number of aromatic amines is 1. The van der Waals surface area contributed by atoms with Crippen LogP contribution in [0.2, 0.25) is 0 Å². The smallest absolute Gasteiger partial charge is 0.325 e.